The van der Waals surface area contributed by atoms with Crippen LogP contribution in [0.1, 0.15) is 37.3 Å². The topological polar surface area (TPSA) is 67.2 Å². The number of hydrogen-bond donors (Lipinski definition) is 2. The highest BCUT2D eigenvalue weighted by Crippen LogP contribution is 2.21. The molecule has 2 N–H and O–H groups in total. The molecule has 0 aliphatic heterocycles. The summed E-state index contributed by atoms with van der Waals surface area (Å²) in [7, 11) is 1.77. The molecule has 0 saturated heterocycles. The third-order valence-electron chi connectivity index (χ3n) is 3.89. The number of benzene rings is 1. The first kappa shape index (κ1) is 17.1. The molecule has 0 aliphatic rings. The standard InChI is InChI=1S/C17H22FN3O2/c1-12(13-4-6-15(18)7-5-13)8-16(22)19-11-17(2,23)14-9-20-21(3)10-14/h4-7,9-10,12,23H,8,11H2,1-3H3,(H,19,22)/t12-,17+/m1/s1. The quantitative estimate of drug-likeness (QED) is 0.856. The minimum atomic E-state index is -1.18. The Morgan fingerprint density at radius 1 is 1.43 bits per heavy atom. The summed E-state index contributed by atoms with van der Waals surface area (Å²) in [6.45, 7) is 3.65. The Balaban J connectivity index is 1.88. The van der Waals surface area contributed by atoms with E-state index in [4.69, 9.17) is 0 Å². The molecule has 0 fully saturated rings. The summed E-state index contributed by atoms with van der Waals surface area (Å²) in [4.78, 5) is 12.1. The van der Waals surface area contributed by atoms with Crippen molar-refractivity contribution in [1.82, 2.24) is 15.1 Å². The number of halogens is 1. The molecule has 1 aromatic carbocycles. The van der Waals surface area contributed by atoms with Crippen molar-refractivity contribution in [2.24, 2.45) is 7.05 Å². The number of nitrogens with one attached hydrogen (secondary N) is 1. The molecule has 124 valence electrons. The Morgan fingerprint density at radius 3 is 2.65 bits per heavy atom. The van der Waals surface area contributed by atoms with Gasteiger partial charge in [-0.05, 0) is 30.5 Å². The summed E-state index contributed by atoms with van der Waals surface area (Å²) >= 11 is 0. The average molecular weight is 319 g/mol. The van der Waals surface area contributed by atoms with Gasteiger partial charge in [-0.15, -0.1) is 0 Å². The summed E-state index contributed by atoms with van der Waals surface area (Å²) in [5.41, 5.74) is 0.371. The van der Waals surface area contributed by atoms with Gasteiger partial charge in [0, 0.05) is 25.2 Å². The van der Waals surface area contributed by atoms with Crippen molar-refractivity contribution in [1.29, 1.82) is 0 Å². The van der Waals surface area contributed by atoms with Crippen LogP contribution in [0.2, 0.25) is 0 Å². The van der Waals surface area contributed by atoms with E-state index in [1.807, 2.05) is 6.92 Å². The predicted octanol–water partition coefficient (Wildman–Crippen LogP) is 2.08. The first-order chi connectivity index (χ1) is 10.8. The largest absolute Gasteiger partial charge is 0.383 e. The molecular weight excluding hydrogens is 297 g/mol. The lowest BCUT2D eigenvalue weighted by atomic mass is 9.96. The Labute approximate surface area is 135 Å². The highest BCUT2D eigenvalue weighted by atomic mass is 19.1. The van der Waals surface area contributed by atoms with Crippen molar-refractivity contribution < 1.29 is 14.3 Å². The van der Waals surface area contributed by atoms with Gasteiger partial charge in [0.2, 0.25) is 5.91 Å². The van der Waals surface area contributed by atoms with Crippen molar-refractivity contribution in [3.63, 3.8) is 0 Å². The van der Waals surface area contributed by atoms with Gasteiger partial charge in [-0.3, -0.25) is 9.48 Å². The van der Waals surface area contributed by atoms with E-state index in [9.17, 15) is 14.3 Å². The maximum Gasteiger partial charge on any atom is 0.220 e. The van der Waals surface area contributed by atoms with Gasteiger partial charge in [0.05, 0.1) is 12.7 Å². The fourth-order valence-electron chi connectivity index (χ4n) is 2.33. The molecule has 0 radical (unpaired) electrons. The SMILES string of the molecule is C[C@H](CC(=O)NC[C@](C)(O)c1cnn(C)c1)c1ccc(F)cc1. The Morgan fingerprint density at radius 2 is 2.09 bits per heavy atom. The van der Waals surface area contributed by atoms with Gasteiger partial charge in [-0.2, -0.15) is 5.10 Å². The van der Waals surface area contributed by atoms with E-state index in [-0.39, 0.29) is 30.6 Å². The highest BCUT2D eigenvalue weighted by Gasteiger charge is 2.25. The maximum atomic E-state index is 12.9. The van der Waals surface area contributed by atoms with Gasteiger partial charge in [0.15, 0.2) is 0 Å². The van der Waals surface area contributed by atoms with Crippen molar-refractivity contribution in [2.75, 3.05) is 6.54 Å². The molecule has 0 saturated carbocycles. The lowest BCUT2D eigenvalue weighted by molar-refractivity contribution is -0.122. The summed E-state index contributed by atoms with van der Waals surface area (Å²) in [6, 6.07) is 6.13. The number of hydrogen-bond acceptors (Lipinski definition) is 3. The van der Waals surface area contributed by atoms with Crippen LogP contribution in [0, 0.1) is 5.82 Å². The summed E-state index contributed by atoms with van der Waals surface area (Å²) < 4.78 is 14.5. The van der Waals surface area contributed by atoms with E-state index in [1.54, 1.807) is 43.2 Å². The number of aliphatic hydroxyl groups is 1. The summed E-state index contributed by atoms with van der Waals surface area (Å²) in [5.74, 6) is -0.483. The predicted molar refractivity (Wildman–Crippen MR) is 85.2 cm³/mol. The van der Waals surface area contributed by atoms with Crippen LogP contribution in [0.4, 0.5) is 4.39 Å². The van der Waals surface area contributed by atoms with Gasteiger partial charge >= 0.3 is 0 Å². The molecule has 5 nitrogen and oxygen atoms in total. The summed E-state index contributed by atoms with van der Waals surface area (Å²) in [6.07, 6.45) is 3.56. The van der Waals surface area contributed by atoms with Crippen LogP contribution in [0.5, 0.6) is 0 Å². The molecule has 6 heteroatoms. The Kier molecular flexibility index (Phi) is 5.15. The van der Waals surface area contributed by atoms with E-state index >= 15 is 0 Å². The van der Waals surface area contributed by atoms with Crippen LogP contribution in [0.3, 0.4) is 0 Å². The Hall–Kier alpha value is -2.21. The fraction of sp³-hybridized carbons (Fsp3) is 0.412. The van der Waals surface area contributed by atoms with Gasteiger partial charge in [-0.25, -0.2) is 4.39 Å². The first-order valence-electron chi connectivity index (χ1n) is 7.51. The minimum Gasteiger partial charge on any atom is -0.383 e. The van der Waals surface area contributed by atoms with E-state index in [2.05, 4.69) is 10.4 Å². The lowest BCUT2D eigenvalue weighted by Crippen LogP contribution is -2.38. The maximum absolute atomic E-state index is 12.9. The van der Waals surface area contributed by atoms with Crippen LogP contribution in [0.25, 0.3) is 0 Å². The molecule has 0 bridgehead atoms. The molecule has 0 aliphatic carbocycles. The monoisotopic (exact) mass is 319 g/mol. The minimum absolute atomic E-state index is 0.0288. The van der Waals surface area contributed by atoms with Crippen LogP contribution in [-0.4, -0.2) is 27.3 Å². The second kappa shape index (κ2) is 6.91. The molecule has 23 heavy (non-hydrogen) atoms. The molecule has 2 rings (SSSR count). The molecule has 0 spiro atoms. The molecular formula is C17H22FN3O2. The van der Waals surface area contributed by atoms with Crippen LogP contribution in [-0.2, 0) is 17.4 Å². The van der Waals surface area contributed by atoms with Gasteiger partial charge in [0.25, 0.3) is 0 Å². The number of nitrogens with zero attached hydrogens (tertiary/aromatic N) is 2. The number of carbonyl (C=O) groups is 1. The average Bonchev–Trinajstić information content (AvgIpc) is 2.93. The zero-order chi connectivity index (χ0) is 17.0. The van der Waals surface area contributed by atoms with Gasteiger partial charge in [-0.1, -0.05) is 19.1 Å². The zero-order valence-electron chi connectivity index (χ0n) is 13.6. The van der Waals surface area contributed by atoms with Crippen molar-refractivity contribution in [3.05, 3.63) is 53.6 Å². The lowest BCUT2D eigenvalue weighted by Gasteiger charge is -2.22. The van der Waals surface area contributed by atoms with Crippen molar-refractivity contribution in [3.8, 4) is 0 Å². The number of rotatable bonds is 6. The van der Waals surface area contributed by atoms with Crippen molar-refractivity contribution in [2.45, 2.75) is 31.8 Å². The third-order valence-corrected chi connectivity index (χ3v) is 3.89. The molecule has 2 aromatic rings. The van der Waals surface area contributed by atoms with E-state index < -0.39 is 5.60 Å². The number of amides is 1. The highest BCUT2D eigenvalue weighted by molar-refractivity contribution is 5.76. The summed E-state index contributed by atoms with van der Waals surface area (Å²) in [5, 5.41) is 17.2. The molecule has 1 aromatic heterocycles. The second-order valence-electron chi connectivity index (χ2n) is 6.11. The smallest absolute Gasteiger partial charge is 0.220 e. The van der Waals surface area contributed by atoms with Crippen molar-refractivity contribution >= 4 is 5.91 Å². The van der Waals surface area contributed by atoms with E-state index in [0.29, 0.717) is 5.56 Å². The van der Waals surface area contributed by atoms with Gasteiger partial charge in [0.1, 0.15) is 11.4 Å². The fourth-order valence-corrected chi connectivity index (χ4v) is 2.33. The van der Waals surface area contributed by atoms with Crippen LogP contribution >= 0.6 is 0 Å². The molecule has 0 unspecified atom stereocenters. The Bertz CT molecular complexity index is 665. The second-order valence-corrected chi connectivity index (χ2v) is 6.11. The molecule has 2 atom stereocenters. The van der Waals surface area contributed by atoms with Crippen LogP contribution < -0.4 is 5.32 Å². The molecule has 1 amide bonds. The van der Waals surface area contributed by atoms with E-state index in [1.165, 1.54) is 12.1 Å². The number of aromatic nitrogens is 2. The first-order valence-corrected chi connectivity index (χ1v) is 7.51. The zero-order valence-corrected chi connectivity index (χ0v) is 13.6. The number of carbonyl (C=O) groups excluding carboxylic acids is 1. The third kappa shape index (κ3) is 4.63. The number of aryl methyl sites for hydroxylation is 1. The van der Waals surface area contributed by atoms with Crippen LogP contribution in [0.15, 0.2) is 36.7 Å². The molecule has 1 heterocycles. The van der Waals surface area contributed by atoms with E-state index in [0.717, 1.165) is 5.56 Å². The van der Waals surface area contributed by atoms with Gasteiger partial charge < -0.3 is 10.4 Å². The normalized spacial score (nSPS) is 15.0.